The highest BCUT2D eigenvalue weighted by atomic mass is 16.5. The molecule has 0 radical (unpaired) electrons. The lowest BCUT2D eigenvalue weighted by Crippen LogP contribution is -2.45. The molecule has 0 saturated heterocycles. The van der Waals surface area contributed by atoms with Crippen LogP contribution in [0.15, 0.2) is 121 Å². The minimum atomic E-state index is -1.15. The summed E-state index contributed by atoms with van der Waals surface area (Å²) in [5.74, 6) is -1.71. The highest BCUT2D eigenvalue weighted by Crippen LogP contribution is 2.23. The Balaban J connectivity index is 1.28. The monoisotopic (exact) mass is 726 g/mol. The second-order valence-corrected chi connectivity index (χ2v) is 12.9. The van der Waals surface area contributed by atoms with Gasteiger partial charge in [0.15, 0.2) is 0 Å². The summed E-state index contributed by atoms with van der Waals surface area (Å²) >= 11 is 0. The number of alkyl carbamates (subject to hydrolysis) is 1. The number of carbonyl (C=O) groups is 3. The number of carbonyl (C=O) groups excluding carboxylic acids is 2. The molecule has 4 rings (SSSR count). The molecule has 4 aromatic rings. The van der Waals surface area contributed by atoms with Crippen LogP contribution in [0.2, 0.25) is 0 Å². The third-order valence-electron chi connectivity index (χ3n) is 8.24. The number of hydrogen-bond donors (Lipinski definition) is 3. The molecular formula is C42H50N2O9. The molecule has 4 aromatic carbocycles. The van der Waals surface area contributed by atoms with E-state index in [4.69, 9.17) is 23.7 Å². The summed E-state index contributed by atoms with van der Waals surface area (Å²) in [5, 5.41) is 15.0. The van der Waals surface area contributed by atoms with E-state index in [0.717, 1.165) is 22.3 Å². The Labute approximate surface area is 311 Å². The molecule has 1 atom stereocenters. The first-order valence-electron chi connectivity index (χ1n) is 17.8. The van der Waals surface area contributed by atoms with Gasteiger partial charge in [-0.25, -0.2) is 9.59 Å². The number of ether oxygens (including phenoxy) is 5. The summed E-state index contributed by atoms with van der Waals surface area (Å²) in [7, 11) is 0. The van der Waals surface area contributed by atoms with Crippen molar-refractivity contribution in [1.82, 2.24) is 10.6 Å². The Bertz CT molecular complexity index is 1500. The van der Waals surface area contributed by atoms with Gasteiger partial charge < -0.3 is 39.4 Å². The first-order valence-corrected chi connectivity index (χ1v) is 17.8. The summed E-state index contributed by atoms with van der Waals surface area (Å²) < 4.78 is 29.8. The van der Waals surface area contributed by atoms with E-state index in [2.05, 4.69) is 10.6 Å². The van der Waals surface area contributed by atoms with E-state index < -0.39 is 29.4 Å². The van der Waals surface area contributed by atoms with Crippen LogP contribution < -0.4 is 10.6 Å². The van der Waals surface area contributed by atoms with Gasteiger partial charge >= 0.3 is 12.1 Å². The molecule has 282 valence electrons. The maximum atomic E-state index is 12.9. The second kappa shape index (κ2) is 23.5. The maximum absolute atomic E-state index is 12.9. The molecule has 11 nitrogen and oxygen atoms in total. The van der Waals surface area contributed by atoms with Crippen molar-refractivity contribution in [3.05, 3.63) is 144 Å². The molecule has 53 heavy (non-hydrogen) atoms. The topological polar surface area (TPSA) is 142 Å². The average molecular weight is 727 g/mol. The molecule has 11 heteroatoms. The van der Waals surface area contributed by atoms with Crippen molar-refractivity contribution in [2.24, 2.45) is 5.41 Å². The van der Waals surface area contributed by atoms with E-state index in [-0.39, 0.29) is 46.1 Å². The zero-order valence-corrected chi connectivity index (χ0v) is 30.0. The number of rotatable bonds is 25. The van der Waals surface area contributed by atoms with Crippen molar-refractivity contribution >= 4 is 18.0 Å². The number of amides is 2. The zero-order valence-electron chi connectivity index (χ0n) is 30.0. The quantitative estimate of drug-likeness (QED) is 0.0671. The molecule has 0 unspecified atom stereocenters. The minimum Gasteiger partial charge on any atom is -0.480 e. The largest absolute Gasteiger partial charge is 0.480 e. The van der Waals surface area contributed by atoms with Crippen molar-refractivity contribution in [3.63, 3.8) is 0 Å². The van der Waals surface area contributed by atoms with Gasteiger partial charge in [-0.15, -0.1) is 0 Å². The van der Waals surface area contributed by atoms with Gasteiger partial charge in [-0.1, -0.05) is 121 Å². The lowest BCUT2D eigenvalue weighted by molar-refractivity contribution is -0.144. The molecule has 0 aliphatic carbocycles. The average Bonchev–Trinajstić information content (AvgIpc) is 3.18. The number of unbranched alkanes of at least 4 members (excludes halogenated alkanes) is 1. The summed E-state index contributed by atoms with van der Waals surface area (Å²) in [5.41, 5.74) is 3.11. The molecule has 0 aromatic heterocycles. The van der Waals surface area contributed by atoms with Crippen molar-refractivity contribution in [2.45, 2.75) is 51.7 Å². The van der Waals surface area contributed by atoms with Crippen molar-refractivity contribution < 1.29 is 43.2 Å². The van der Waals surface area contributed by atoms with Crippen LogP contribution in [0.3, 0.4) is 0 Å². The van der Waals surface area contributed by atoms with Crippen LogP contribution in [0.5, 0.6) is 0 Å². The van der Waals surface area contributed by atoms with Crippen molar-refractivity contribution in [1.29, 1.82) is 0 Å². The van der Waals surface area contributed by atoms with E-state index in [0.29, 0.717) is 39.2 Å². The fourth-order valence-electron chi connectivity index (χ4n) is 5.42. The van der Waals surface area contributed by atoms with Gasteiger partial charge in [0.05, 0.1) is 51.7 Å². The van der Waals surface area contributed by atoms with Crippen LogP contribution in [-0.2, 0) is 59.7 Å². The highest BCUT2D eigenvalue weighted by molar-refractivity contribution is 5.84. The molecule has 0 spiro atoms. The zero-order chi connectivity index (χ0) is 37.4. The number of aliphatic carboxylic acids is 1. The third kappa shape index (κ3) is 16.4. The predicted molar refractivity (Wildman–Crippen MR) is 200 cm³/mol. The SMILES string of the molecule is O=C(COCC(COCc1ccccc1)(COCc1ccccc1)COCc1ccccc1)N[C@@H](CCCCNC(=O)OCc1ccccc1)C(=O)O. The summed E-state index contributed by atoms with van der Waals surface area (Å²) in [4.78, 5) is 36.9. The van der Waals surface area contributed by atoms with Crippen LogP contribution in [0.25, 0.3) is 0 Å². The van der Waals surface area contributed by atoms with Gasteiger partial charge in [-0.3, -0.25) is 4.79 Å². The molecule has 0 aliphatic heterocycles. The summed E-state index contributed by atoms with van der Waals surface area (Å²) in [6, 6.07) is 37.7. The number of nitrogens with one attached hydrogen (secondary N) is 2. The number of carboxylic acids is 1. The smallest absolute Gasteiger partial charge is 0.407 e. The fourth-order valence-corrected chi connectivity index (χ4v) is 5.42. The Hall–Kier alpha value is -5.07. The van der Waals surface area contributed by atoms with Crippen LogP contribution >= 0.6 is 0 Å². The van der Waals surface area contributed by atoms with Crippen molar-refractivity contribution in [2.75, 3.05) is 39.6 Å². The van der Waals surface area contributed by atoms with Gasteiger partial charge in [-0.2, -0.15) is 0 Å². The Kier molecular flexibility index (Phi) is 18.0. The maximum Gasteiger partial charge on any atom is 0.407 e. The predicted octanol–water partition coefficient (Wildman–Crippen LogP) is 6.31. The standard InChI is InChI=1S/C42H50N2O9/c45-39(44-38(40(46)47)23-13-14-24-43-41(48)53-28-37-21-11-4-12-22-37)29-52-33-42(30-49-25-34-15-5-1-6-16-34,31-50-26-35-17-7-2-8-18-35)32-51-27-36-19-9-3-10-20-36/h1-12,15-22,38H,13-14,23-33H2,(H,43,48)(H,44,45)(H,46,47)/t38-/m0/s1. The lowest BCUT2D eigenvalue weighted by Gasteiger charge is -2.33. The number of benzene rings is 4. The summed E-state index contributed by atoms with van der Waals surface area (Å²) in [6.45, 7) is 1.92. The molecule has 2 amide bonds. The molecule has 0 saturated carbocycles. The van der Waals surface area contributed by atoms with Gasteiger partial charge in [0, 0.05) is 6.54 Å². The third-order valence-corrected chi connectivity index (χ3v) is 8.24. The molecule has 0 bridgehead atoms. The van der Waals surface area contributed by atoms with Gasteiger partial charge in [0.25, 0.3) is 0 Å². The Morgan fingerprint density at radius 3 is 1.42 bits per heavy atom. The van der Waals surface area contributed by atoms with E-state index in [9.17, 15) is 19.5 Å². The normalized spacial score (nSPS) is 11.8. The number of hydrogen-bond acceptors (Lipinski definition) is 8. The molecule has 0 fully saturated rings. The molecular weight excluding hydrogens is 676 g/mol. The molecule has 0 aliphatic rings. The van der Waals surface area contributed by atoms with Crippen LogP contribution in [0, 0.1) is 5.41 Å². The fraction of sp³-hybridized carbons (Fsp3) is 0.357. The van der Waals surface area contributed by atoms with Gasteiger partial charge in [0.2, 0.25) is 5.91 Å². The first-order chi connectivity index (χ1) is 25.9. The van der Waals surface area contributed by atoms with Crippen LogP contribution in [0.1, 0.15) is 41.5 Å². The first kappa shape index (κ1) is 40.7. The van der Waals surface area contributed by atoms with Crippen LogP contribution in [0.4, 0.5) is 4.79 Å². The number of carboxylic acid groups (broad SMARTS) is 1. The lowest BCUT2D eigenvalue weighted by atomic mass is 9.92. The second-order valence-electron chi connectivity index (χ2n) is 12.9. The van der Waals surface area contributed by atoms with Gasteiger partial charge in [0.1, 0.15) is 19.3 Å². The van der Waals surface area contributed by atoms with Crippen LogP contribution in [-0.4, -0.2) is 68.7 Å². The highest BCUT2D eigenvalue weighted by Gasteiger charge is 2.33. The van der Waals surface area contributed by atoms with E-state index in [1.165, 1.54) is 0 Å². The van der Waals surface area contributed by atoms with E-state index >= 15 is 0 Å². The minimum absolute atomic E-state index is 0.0581. The summed E-state index contributed by atoms with van der Waals surface area (Å²) in [6.07, 6.45) is 0.594. The van der Waals surface area contributed by atoms with Crippen molar-refractivity contribution in [3.8, 4) is 0 Å². The Morgan fingerprint density at radius 1 is 0.566 bits per heavy atom. The van der Waals surface area contributed by atoms with E-state index in [1.807, 2.05) is 121 Å². The molecule has 0 heterocycles. The van der Waals surface area contributed by atoms with Gasteiger partial charge in [-0.05, 0) is 41.5 Å². The molecule has 3 N–H and O–H groups in total. The Morgan fingerprint density at radius 2 is 0.981 bits per heavy atom. The van der Waals surface area contributed by atoms with E-state index in [1.54, 1.807) is 0 Å².